The van der Waals surface area contributed by atoms with E-state index in [0.29, 0.717) is 11.4 Å². The zero-order valence-corrected chi connectivity index (χ0v) is 15.6. The molecule has 2 aromatic carbocycles. The normalized spacial score (nSPS) is 17.7. The van der Waals surface area contributed by atoms with Crippen LogP contribution in [0.5, 0.6) is 5.75 Å². The van der Waals surface area contributed by atoms with Crippen LogP contribution in [0.1, 0.15) is 34.5 Å². The summed E-state index contributed by atoms with van der Waals surface area (Å²) in [6, 6.07) is 19.0. The summed E-state index contributed by atoms with van der Waals surface area (Å²) in [5, 5.41) is 2.85. The van der Waals surface area contributed by atoms with Crippen molar-refractivity contribution in [2.75, 3.05) is 7.11 Å². The van der Waals surface area contributed by atoms with Gasteiger partial charge < -0.3 is 14.8 Å². The minimum atomic E-state index is -0.572. The topological polar surface area (TPSA) is 60.5 Å². The van der Waals surface area contributed by atoms with E-state index < -0.39 is 18.1 Å². The number of carbonyl (C=O) groups excluding carboxylic acids is 1. The van der Waals surface area contributed by atoms with Gasteiger partial charge in [0.1, 0.15) is 11.4 Å². The molecule has 1 aromatic heterocycles. The van der Waals surface area contributed by atoms with Gasteiger partial charge in [-0.2, -0.15) is 4.39 Å². The Hall–Kier alpha value is -3.85. The van der Waals surface area contributed by atoms with Crippen molar-refractivity contribution in [1.29, 1.82) is 0 Å². The molecule has 5 nitrogen and oxygen atoms in total. The van der Waals surface area contributed by atoms with Gasteiger partial charge in [0.05, 0.1) is 13.2 Å². The van der Waals surface area contributed by atoms with Crippen LogP contribution in [0.2, 0.25) is 0 Å². The van der Waals surface area contributed by atoms with E-state index in [4.69, 9.17) is 9.47 Å². The largest absolute Gasteiger partial charge is 0.497 e. The summed E-state index contributed by atoms with van der Waals surface area (Å²) in [6.07, 6.45) is -0.978. The SMILES string of the molecule is COc1cccc([C@H]2OC(=O)N[C@@H]2c2cccc(C#Cc3cccc(F)n3)c2)c1. The summed E-state index contributed by atoms with van der Waals surface area (Å²) < 4.78 is 24.0. The molecule has 0 unspecified atom stereocenters. The average Bonchev–Trinajstić information content (AvgIpc) is 3.14. The molecule has 0 radical (unpaired) electrons. The fourth-order valence-electron chi connectivity index (χ4n) is 3.18. The summed E-state index contributed by atoms with van der Waals surface area (Å²) in [5.41, 5.74) is 2.75. The minimum absolute atomic E-state index is 0.349. The highest BCUT2D eigenvalue weighted by molar-refractivity contribution is 5.71. The van der Waals surface area contributed by atoms with Crippen LogP contribution < -0.4 is 10.1 Å². The second-order valence-corrected chi connectivity index (χ2v) is 6.45. The lowest BCUT2D eigenvalue weighted by Gasteiger charge is -2.18. The molecule has 0 saturated carbocycles. The Morgan fingerprint density at radius 3 is 2.66 bits per heavy atom. The highest BCUT2D eigenvalue weighted by Gasteiger charge is 2.36. The molecular formula is C23H17FN2O3. The first-order chi connectivity index (χ1) is 14.1. The smallest absolute Gasteiger partial charge is 0.408 e. The Morgan fingerprint density at radius 2 is 1.83 bits per heavy atom. The molecule has 29 heavy (non-hydrogen) atoms. The Balaban J connectivity index is 1.63. The highest BCUT2D eigenvalue weighted by Crippen LogP contribution is 2.37. The van der Waals surface area contributed by atoms with Gasteiger partial charge in [0.15, 0.2) is 6.10 Å². The zero-order valence-electron chi connectivity index (χ0n) is 15.6. The predicted molar refractivity (Wildman–Crippen MR) is 105 cm³/mol. The molecule has 0 aliphatic carbocycles. The van der Waals surface area contributed by atoms with Crippen LogP contribution >= 0.6 is 0 Å². The van der Waals surface area contributed by atoms with Crippen LogP contribution in [0.15, 0.2) is 66.7 Å². The van der Waals surface area contributed by atoms with E-state index in [1.165, 1.54) is 6.07 Å². The first-order valence-corrected chi connectivity index (χ1v) is 8.98. The molecule has 6 heteroatoms. The number of carbonyl (C=O) groups is 1. The van der Waals surface area contributed by atoms with E-state index in [-0.39, 0.29) is 6.04 Å². The number of benzene rings is 2. The number of aromatic nitrogens is 1. The van der Waals surface area contributed by atoms with Crippen LogP contribution in [0.25, 0.3) is 0 Å². The Morgan fingerprint density at radius 1 is 1.03 bits per heavy atom. The van der Waals surface area contributed by atoms with Crippen molar-refractivity contribution in [3.63, 3.8) is 0 Å². The molecule has 1 aliphatic rings. The third kappa shape index (κ3) is 4.19. The molecule has 4 rings (SSSR count). The maximum absolute atomic E-state index is 13.2. The standard InChI is InChI=1S/C23H17FN2O3/c1-28-19-9-3-7-17(14-19)22-21(26-23(27)29-22)16-6-2-5-15(13-16)11-12-18-8-4-10-20(24)25-18/h2-10,13-14,21-22H,1H3,(H,26,27)/t21-,22-/m1/s1. The van der Waals surface area contributed by atoms with Crippen LogP contribution in [0.3, 0.4) is 0 Å². The number of nitrogens with one attached hydrogen (secondary N) is 1. The van der Waals surface area contributed by atoms with Crippen LogP contribution in [0, 0.1) is 17.8 Å². The fraction of sp³-hybridized carbons (Fsp3) is 0.130. The monoisotopic (exact) mass is 388 g/mol. The fourth-order valence-corrected chi connectivity index (χ4v) is 3.18. The lowest BCUT2D eigenvalue weighted by molar-refractivity contribution is 0.132. The summed E-state index contributed by atoms with van der Waals surface area (Å²) >= 11 is 0. The first-order valence-electron chi connectivity index (χ1n) is 8.98. The maximum atomic E-state index is 13.2. The number of alkyl carbamates (subject to hydrolysis) is 1. The second kappa shape index (κ2) is 8.03. The minimum Gasteiger partial charge on any atom is -0.497 e. The van der Waals surface area contributed by atoms with Crippen molar-refractivity contribution in [2.45, 2.75) is 12.1 Å². The van der Waals surface area contributed by atoms with Crippen molar-refractivity contribution < 1.29 is 18.7 Å². The molecule has 1 fully saturated rings. The van der Waals surface area contributed by atoms with Gasteiger partial charge in [0.2, 0.25) is 5.95 Å². The Kier molecular flexibility index (Phi) is 5.12. The number of pyridine rings is 1. The molecule has 144 valence electrons. The third-order valence-electron chi connectivity index (χ3n) is 4.53. The van der Waals surface area contributed by atoms with Crippen molar-refractivity contribution in [3.8, 4) is 17.6 Å². The number of amides is 1. The first kappa shape index (κ1) is 18.5. The van der Waals surface area contributed by atoms with E-state index in [0.717, 1.165) is 16.7 Å². The highest BCUT2D eigenvalue weighted by atomic mass is 19.1. The molecule has 1 N–H and O–H groups in total. The Bertz CT molecular complexity index is 1120. The quantitative estimate of drug-likeness (QED) is 0.541. The van der Waals surface area contributed by atoms with Crippen molar-refractivity contribution in [3.05, 3.63) is 95.1 Å². The summed E-state index contributed by atoms with van der Waals surface area (Å²) in [5.74, 6) is 5.95. The summed E-state index contributed by atoms with van der Waals surface area (Å²) in [4.78, 5) is 15.7. The number of rotatable bonds is 3. The van der Waals surface area contributed by atoms with E-state index in [1.54, 1.807) is 19.2 Å². The molecule has 0 bridgehead atoms. The van der Waals surface area contributed by atoms with Gasteiger partial charge in [0, 0.05) is 5.56 Å². The van der Waals surface area contributed by atoms with E-state index in [1.807, 2.05) is 48.5 Å². The number of cyclic esters (lactones) is 1. The van der Waals surface area contributed by atoms with Gasteiger partial charge in [-0.05, 0) is 53.4 Å². The maximum Gasteiger partial charge on any atom is 0.408 e. The number of hydrogen-bond acceptors (Lipinski definition) is 4. The lowest BCUT2D eigenvalue weighted by Crippen LogP contribution is -2.19. The second-order valence-electron chi connectivity index (χ2n) is 6.45. The zero-order chi connectivity index (χ0) is 20.2. The van der Waals surface area contributed by atoms with Gasteiger partial charge in [-0.25, -0.2) is 9.78 Å². The van der Waals surface area contributed by atoms with Gasteiger partial charge in [0.25, 0.3) is 0 Å². The van der Waals surface area contributed by atoms with Gasteiger partial charge in [-0.1, -0.05) is 36.3 Å². The van der Waals surface area contributed by atoms with Gasteiger partial charge >= 0.3 is 6.09 Å². The molecule has 1 saturated heterocycles. The lowest BCUT2D eigenvalue weighted by atomic mass is 9.95. The average molecular weight is 388 g/mol. The summed E-state index contributed by atoms with van der Waals surface area (Å²) in [7, 11) is 1.59. The molecule has 1 aliphatic heterocycles. The molecule has 1 amide bonds. The van der Waals surface area contributed by atoms with E-state index in [2.05, 4.69) is 22.1 Å². The number of halogens is 1. The van der Waals surface area contributed by atoms with Crippen LogP contribution in [0.4, 0.5) is 9.18 Å². The van der Waals surface area contributed by atoms with Gasteiger partial charge in [-0.3, -0.25) is 0 Å². The number of ether oxygens (including phenoxy) is 2. The van der Waals surface area contributed by atoms with Gasteiger partial charge in [-0.15, -0.1) is 0 Å². The van der Waals surface area contributed by atoms with E-state index in [9.17, 15) is 9.18 Å². The van der Waals surface area contributed by atoms with Crippen LogP contribution in [-0.2, 0) is 4.74 Å². The number of hydrogen-bond donors (Lipinski definition) is 1. The Labute approximate surface area is 167 Å². The molecule has 2 heterocycles. The number of methoxy groups -OCH3 is 1. The van der Waals surface area contributed by atoms with Crippen molar-refractivity contribution in [2.24, 2.45) is 0 Å². The molecule has 2 atom stereocenters. The molecule has 0 spiro atoms. The molecular weight excluding hydrogens is 371 g/mol. The number of nitrogens with zero attached hydrogens (tertiary/aromatic N) is 1. The van der Waals surface area contributed by atoms with Crippen molar-refractivity contribution >= 4 is 6.09 Å². The molecule has 3 aromatic rings. The van der Waals surface area contributed by atoms with Crippen LogP contribution in [-0.4, -0.2) is 18.2 Å². The van der Waals surface area contributed by atoms with Crippen molar-refractivity contribution in [1.82, 2.24) is 10.3 Å². The predicted octanol–water partition coefficient (Wildman–Crippen LogP) is 4.15. The summed E-state index contributed by atoms with van der Waals surface area (Å²) in [6.45, 7) is 0. The van der Waals surface area contributed by atoms with E-state index >= 15 is 0 Å². The third-order valence-corrected chi connectivity index (χ3v) is 4.53.